The number of nitrogens with one attached hydrogen (secondary N) is 1. The number of nitro benzene ring substituents is 1. The van der Waals surface area contributed by atoms with Gasteiger partial charge in [0.25, 0.3) is 5.91 Å². The van der Waals surface area contributed by atoms with Gasteiger partial charge in [0.15, 0.2) is 5.75 Å². The molecule has 10 heteroatoms. The van der Waals surface area contributed by atoms with Gasteiger partial charge in [-0.2, -0.15) is 5.10 Å². The van der Waals surface area contributed by atoms with Crippen molar-refractivity contribution < 1.29 is 24.7 Å². The van der Waals surface area contributed by atoms with Crippen molar-refractivity contribution in [2.75, 3.05) is 7.11 Å². The van der Waals surface area contributed by atoms with Crippen LogP contribution >= 0.6 is 0 Å². The fourth-order valence-electron chi connectivity index (χ4n) is 1.87. The van der Waals surface area contributed by atoms with Crippen LogP contribution in [0.3, 0.4) is 0 Å². The molecular weight excluding hydrogens is 332 g/mol. The number of hydrazone groups is 1. The largest absolute Gasteiger partial charge is 0.500 e. The van der Waals surface area contributed by atoms with Gasteiger partial charge in [-0.05, 0) is 18.2 Å². The Bertz CT molecular complexity index is 820. The first kappa shape index (κ1) is 17.8. The highest BCUT2D eigenvalue weighted by molar-refractivity contribution is 5.94. The van der Waals surface area contributed by atoms with E-state index in [0.717, 1.165) is 6.07 Å². The standard InChI is InChI=1S/C15H14N4O6/c1-25-13-5-9(4-12(14(13)21)19(23)24)6-17-18-15(22)10-2-3-11(8-20)16-7-10/h2-7,20-21H,8H2,1H3,(H,18,22). The molecule has 2 aromatic rings. The third kappa shape index (κ3) is 4.26. The van der Waals surface area contributed by atoms with Gasteiger partial charge in [0.1, 0.15) is 0 Å². The van der Waals surface area contributed by atoms with Crippen LogP contribution in [0.15, 0.2) is 35.6 Å². The zero-order chi connectivity index (χ0) is 18.4. The molecule has 1 amide bonds. The molecule has 130 valence electrons. The van der Waals surface area contributed by atoms with E-state index in [9.17, 15) is 20.0 Å². The van der Waals surface area contributed by atoms with Crippen molar-refractivity contribution in [1.82, 2.24) is 10.4 Å². The summed E-state index contributed by atoms with van der Waals surface area (Å²) in [5, 5.41) is 33.2. The van der Waals surface area contributed by atoms with Crippen LogP contribution < -0.4 is 10.2 Å². The second-order valence-corrected chi connectivity index (χ2v) is 4.74. The second kappa shape index (κ2) is 7.84. The van der Waals surface area contributed by atoms with Gasteiger partial charge in [-0.3, -0.25) is 19.9 Å². The molecule has 0 bridgehead atoms. The summed E-state index contributed by atoms with van der Waals surface area (Å²) < 4.78 is 4.86. The molecule has 0 aliphatic rings. The molecule has 10 nitrogen and oxygen atoms in total. The number of ether oxygens (including phenoxy) is 1. The molecule has 0 aliphatic heterocycles. The first-order chi connectivity index (χ1) is 12.0. The van der Waals surface area contributed by atoms with E-state index in [1.54, 1.807) is 0 Å². The fourth-order valence-corrected chi connectivity index (χ4v) is 1.87. The van der Waals surface area contributed by atoms with Gasteiger partial charge < -0.3 is 14.9 Å². The topological polar surface area (TPSA) is 147 Å². The molecule has 25 heavy (non-hydrogen) atoms. The number of nitrogens with zero attached hydrogens (tertiary/aromatic N) is 3. The lowest BCUT2D eigenvalue weighted by atomic mass is 10.2. The van der Waals surface area contributed by atoms with Gasteiger partial charge in [-0.15, -0.1) is 0 Å². The van der Waals surface area contributed by atoms with Crippen LogP contribution in [0.4, 0.5) is 5.69 Å². The number of aromatic nitrogens is 1. The number of carbonyl (C=O) groups is 1. The molecule has 0 saturated carbocycles. The predicted molar refractivity (Wildman–Crippen MR) is 86.5 cm³/mol. The number of rotatable bonds is 6. The SMILES string of the molecule is COc1cc(C=NNC(=O)c2ccc(CO)nc2)cc([N+](=O)[O-])c1O. The number of methoxy groups -OCH3 is 1. The number of aliphatic hydroxyl groups excluding tert-OH is 1. The van der Waals surface area contributed by atoms with Gasteiger partial charge in [0.2, 0.25) is 5.75 Å². The lowest BCUT2D eigenvalue weighted by Gasteiger charge is -2.05. The Morgan fingerprint density at radius 2 is 2.24 bits per heavy atom. The summed E-state index contributed by atoms with van der Waals surface area (Å²) in [7, 11) is 1.25. The third-order valence-corrected chi connectivity index (χ3v) is 3.12. The van der Waals surface area contributed by atoms with Crippen molar-refractivity contribution in [3.8, 4) is 11.5 Å². The Balaban J connectivity index is 2.14. The Kier molecular flexibility index (Phi) is 5.58. The normalized spacial score (nSPS) is 10.6. The highest BCUT2D eigenvalue weighted by atomic mass is 16.6. The van der Waals surface area contributed by atoms with Gasteiger partial charge in [0, 0.05) is 17.8 Å². The Labute approximate surface area is 141 Å². The molecule has 0 radical (unpaired) electrons. The molecule has 3 N–H and O–H groups in total. The van der Waals surface area contributed by atoms with Gasteiger partial charge >= 0.3 is 5.69 Å². The molecular formula is C15H14N4O6. The fraction of sp³-hybridized carbons (Fsp3) is 0.133. The molecule has 0 unspecified atom stereocenters. The number of aromatic hydroxyl groups is 1. The van der Waals surface area contributed by atoms with Crippen LogP contribution in [0, 0.1) is 10.1 Å². The molecule has 2 rings (SSSR count). The van der Waals surface area contributed by atoms with Crippen molar-refractivity contribution in [1.29, 1.82) is 0 Å². The van der Waals surface area contributed by atoms with E-state index in [1.807, 2.05) is 0 Å². The maximum atomic E-state index is 11.9. The average molecular weight is 346 g/mol. The number of carbonyl (C=O) groups excluding carboxylic acids is 1. The monoisotopic (exact) mass is 346 g/mol. The molecule has 0 fully saturated rings. The van der Waals surface area contributed by atoms with E-state index in [-0.39, 0.29) is 23.5 Å². The summed E-state index contributed by atoms with van der Waals surface area (Å²) in [5.74, 6) is -1.23. The molecule has 0 aliphatic carbocycles. The van der Waals surface area contributed by atoms with Crippen molar-refractivity contribution in [3.63, 3.8) is 0 Å². The number of benzene rings is 1. The van der Waals surface area contributed by atoms with Crippen molar-refractivity contribution in [3.05, 3.63) is 57.4 Å². The van der Waals surface area contributed by atoms with Crippen LogP contribution in [-0.4, -0.2) is 39.4 Å². The molecule has 1 aromatic heterocycles. The summed E-state index contributed by atoms with van der Waals surface area (Å²) >= 11 is 0. The van der Waals surface area contributed by atoms with E-state index < -0.39 is 22.3 Å². The number of hydrogen-bond acceptors (Lipinski definition) is 8. The zero-order valence-electron chi connectivity index (χ0n) is 13.0. The van der Waals surface area contributed by atoms with E-state index in [2.05, 4.69) is 15.5 Å². The minimum atomic E-state index is -0.762. The van der Waals surface area contributed by atoms with Gasteiger partial charge in [0.05, 0.1) is 36.1 Å². The van der Waals surface area contributed by atoms with E-state index in [1.165, 1.54) is 37.7 Å². The number of pyridine rings is 1. The van der Waals surface area contributed by atoms with Gasteiger partial charge in [-0.1, -0.05) is 0 Å². The minimum Gasteiger partial charge on any atom is -0.500 e. The number of hydrogen-bond donors (Lipinski definition) is 3. The average Bonchev–Trinajstić information content (AvgIpc) is 2.62. The number of nitro groups is 1. The summed E-state index contributed by atoms with van der Waals surface area (Å²) in [4.78, 5) is 25.9. The highest BCUT2D eigenvalue weighted by Gasteiger charge is 2.19. The van der Waals surface area contributed by atoms with E-state index >= 15 is 0 Å². The number of amides is 1. The lowest BCUT2D eigenvalue weighted by molar-refractivity contribution is -0.386. The predicted octanol–water partition coefficient (Wildman–Crippen LogP) is 0.960. The summed E-state index contributed by atoms with van der Waals surface area (Å²) in [6, 6.07) is 5.38. The van der Waals surface area contributed by atoms with Gasteiger partial charge in [-0.25, -0.2) is 5.43 Å². The molecule has 1 aromatic carbocycles. The third-order valence-electron chi connectivity index (χ3n) is 3.12. The summed E-state index contributed by atoms with van der Waals surface area (Å²) in [5.41, 5.74) is 2.59. The van der Waals surface area contributed by atoms with Crippen LogP contribution in [0.5, 0.6) is 11.5 Å². The van der Waals surface area contributed by atoms with Crippen LogP contribution in [0.1, 0.15) is 21.6 Å². The van der Waals surface area contributed by atoms with Crippen LogP contribution in [0.25, 0.3) is 0 Å². The van der Waals surface area contributed by atoms with Crippen molar-refractivity contribution in [2.45, 2.75) is 6.61 Å². The quantitative estimate of drug-likeness (QED) is 0.401. The lowest BCUT2D eigenvalue weighted by Crippen LogP contribution is -2.18. The van der Waals surface area contributed by atoms with E-state index in [4.69, 9.17) is 9.84 Å². The molecule has 0 atom stereocenters. The van der Waals surface area contributed by atoms with E-state index in [0.29, 0.717) is 5.69 Å². The maximum Gasteiger partial charge on any atom is 0.315 e. The Hall–Kier alpha value is -3.53. The molecule has 1 heterocycles. The van der Waals surface area contributed by atoms with Crippen LogP contribution in [0.2, 0.25) is 0 Å². The summed E-state index contributed by atoms with van der Waals surface area (Å²) in [6.07, 6.45) is 2.45. The Morgan fingerprint density at radius 1 is 1.48 bits per heavy atom. The molecule has 0 saturated heterocycles. The number of phenols is 1. The number of aliphatic hydroxyl groups is 1. The summed E-state index contributed by atoms with van der Waals surface area (Å²) in [6.45, 7) is -0.235. The van der Waals surface area contributed by atoms with Crippen molar-refractivity contribution in [2.24, 2.45) is 5.10 Å². The second-order valence-electron chi connectivity index (χ2n) is 4.74. The van der Waals surface area contributed by atoms with Crippen LogP contribution in [-0.2, 0) is 6.61 Å². The number of phenolic OH excluding ortho intramolecular Hbond substituents is 1. The first-order valence-electron chi connectivity index (χ1n) is 6.90. The Morgan fingerprint density at radius 3 is 2.80 bits per heavy atom. The first-order valence-corrected chi connectivity index (χ1v) is 6.90. The smallest absolute Gasteiger partial charge is 0.315 e. The highest BCUT2D eigenvalue weighted by Crippen LogP contribution is 2.36. The molecule has 0 spiro atoms. The minimum absolute atomic E-state index is 0.0919. The van der Waals surface area contributed by atoms with Crippen molar-refractivity contribution >= 4 is 17.8 Å². The maximum absolute atomic E-state index is 11.9. The zero-order valence-corrected chi connectivity index (χ0v) is 13.0.